The van der Waals surface area contributed by atoms with E-state index in [0.717, 1.165) is 37.4 Å². The van der Waals surface area contributed by atoms with E-state index in [0.29, 0.717) is 38.1 Å². The topological polar surface area (TPSA) is 53.1 Å². The van der Waals surface area contributed by atoms with Gasteiger partial charge in [0.1, 0.15) is 12.4 Å². The minimum Gasteiger partial charge on any atom is -0.492 e. The van der Waals surface area contributed by atoms with Crippen molar-refractivity contribution >= 4 is 11.8 Å². The second-order valence-electron chi connectivity index (χ2n) is 7.33. The van der Waals surface area contributed by atoms with Crippen LogP contribution >= 0.6 is 0 Å². The molecule has 2 saturated heterocycles. The zero-order valence-electron chi connectivity index (χ0n) is 14.7. The summed E-state index contributed by atoms with van der Waals surface area (Å²) in [6.45, 7) is 3.97. The highest BCUT2D eigenvalue weighted by molar-refractivity contribution is 5.81. The number of rotatable bonds is 2. The molecule has 0 bridgehead atoms. The average Bonchev–Trinajstić information content (AvgIpc) is 2.78. The molecule has 2 atom stereocenters. The van der Waals surface area contributed by atoms with Crippen LogP contribution in [0.1, 0.15) is 18.4 Å². The highest BCUT2D eigenvalue weighted by atomic mass is 16.5. The molecule has 1 aromatic carbocycles. The molecule has 0 saturated carbocycles. The summed E-state index contributed by atoms with van der Waals surface area (Å²) in [5.41, 5.74) is 1.13. The number of amides is 2. The van der Waals surface area contributed by atoms with Gasteiger partial charge in [-0.15, -0.1) is 0 Å². The van der Waals surface area contributed by atoms with Crippen LogP contribution in [0, 0.1) is 5.92 Å². The number of hydrogen-bond donors (Lipinski definition) is 0. The van der Waals surface area contributed by atoms with E-state index in [4.69, 9.17) is 4.74 Å². The number of ether oxygens (including phenoxy) is 1. The largest absolute Gasteiger partial charge is 0.492 e. The van der Waals surface area contributed by atoms with Gasteiger partial charge in [-0.05, 0) is 12.5 Å². The molecule has 0 aliphatic carbocycles. The fourth-order valence-corrected chi connectivity index (χ4v) is 4.32. The van der Waals surface area contributed by atoms with Crippen LogP contribution in [-0.4, -0.2) is 72.4 Å². The number of fused-ring (bicyclic) bond motifs is 2. The summed E-state index contributed by atoms with van der Waals surface area (Å²) < 4.78 is 5.78. The van der Waals surface area contributed by atoms with Gasteiger partial charge in [-0.3, -0.25) is 14.5 Å². The first-order chi connectivity index (χ1) is 12.1. The summed E-state index contributed by atoms with van der Waals surface area (Å²) in [5, 5.41) is 0. The van der Waals surface area contributed by atoms with E-state index in [1.807, 2.05) is 35.0 Å². The van der Waals surface area contributed by atoms with Gasteiger partial charge in [0, 0.05) is 57.2 Å². The average molecular weight is 343 g/mol. The molecule has 6 heteroatoms. The van der Waals surface area contributed by atoms with Crippen molar-refractivity contribution in [2.24, 2.45) is 5.92 Å². The number of nitrogens with zero attached hydrogens (tertiary/aromatic N) is 3. The number of carbonyl (C=O) groups is 2. The van der Waals surface area contributed by atoms with E-state index < -0.39 is 0 Å². The molecule has 0 radical (unpaired) electrons. The normalized spacial score (nSPS) is 26.7. The van der Waals surface area contributed by atoms with Crippen molar-refractivity contribution in [3.05, 3.63) is 29.8 Å². The highest BCUT2D eigenvalue weighted by Crippen LogP contribution is 2.31. The van der Waals surface area contributed by atoms with Crippen molar-refractivity contribution in [2.45, 2.75) is 25.4 Å². The molecule has 0 aromatic heterocycles. The lowest BCUT2D eigenvalue weighted by molar-refractivity contribution is -0.134. The molecule has 0 spiro atoms. The highest BCUT2D eigenvalue weighted by Gasteiger charge is 2.41. The predicted octanol–water partition coefficient (Wildman–Crippen LogP) is 0.960. The predicted molar refractivity (Wildman–Crippen MR) is 93.1 cm³/mol. The van der Waals surface area contributed by atoms with E-state index in [2.05, 4.69) is 11.0 Å². The quantitative estimate of drug-likeness (QED) is 0.803. The Morgan fingerprint density at radius 3 is 3.00 bits per heavy atom. The zero-order valence-corrected chi connectivity index (χ0v) is 14.7. The van der Waals surface area contributed by atoms with Gasteiger partial charge in [-0.25, -0.2) is 0 Å². The molecule has 3 aliphatic rings. The number of carbonyl (C=O) groups excluding carboxylic acids is 2. The van der Waals surface area contributed by atoms with Gasteiger partial charge in [0.25, 0.3) is 0 Å². The summed E-state index contributed by atoms with van der Waals surface area (Å²) in [6.07, 6.45) is 1.47. The number of likely N-dealkylation sites (tertiary alicyclic amines) is 2. The van der Waals surface area contributed by atoms with Gasteiger partial charge in [0.05, 0.1) is 6.54 Å². The first kappa shape index (κ1) is 16.4. The standard InChI is InChI=1S/C19H25N3O3/c1-20-16-6-7-22(12-15(16)10-18(20)23)19(24)13-21-8-9-25-17-5-3-2-4-14(17)11-21/h2-5,15-16H,6-13H2,1H3/t15-,16+/m1/s1. The van der Waals surface area contributed by atoms with Crippen molar-refractivity contribution in [1.29, 1.82) is 0 Å². The van der Waals surface area contributed by atoms with E-state index >= 15 is 0 Å². The molecular weight excluding hydrogens is 318 g/mol. The van der Waals surface area contributed by atoms with Gasteiger partial charge < -0.3 is 14.5 Å². The summed E-state index contributed by atoms with van der Waals surface area (Å²) in [5.74, 6) is 1.60. The molecule has 1 aromatic rings. The third-order valence-corrected chi connectivity index (χ3v) is 5.76. The van der Waals surface area contributed by atoms with Crippen LogP contribution in [0.3, 0.4) is 0 Å². The molecule has 25 heavy (non-hydrogen) atoms. The van der Waals surface area contributed by atoms with Crippen LogP contribution in [0.5, 0.6) is 5.75 Å². The lowest BCUT2D eigenvalue weighted by Crippen LogP contribution is -2.50. The second-order valence-corrected chi connectivity index (χ2v) is 7.33. The van der Waals surface area contributed by atoms with Crippen LogP contribution in [0.2, 0.25) is 0 Å². The summed E-state index contributed by atoms with van der Waals surface area (Å²) >= 11 is 0. The molecule has 0 unspecified atom stereocenters. The van der Waals surface area contributed by atoms with Crippen LogP contribution in [0.4, 0.5) is 0 Å². The molecule has 3 heterocycles. The van der Waals surface area contributed by atoms with Crippen molar-refractivity contribution in [2.75, 3.05) is 39.8 Å². The maximum absolute atomic E-state index is 12.8. The molecule has 6 nitrogen and oxygen atoms in total. The third kappa shape index (κ3) is 3.23. The lowest BCUT2D eigenvalue weighted by atomic mass is 9.93. The first-order valence-electron chi connectivity index (χ1n) is 9.08. The SMILES string of the molecule is CN1C(=O)C[C@@H]2CN(C(=O)CN3CCOc4ccccc4C3)CC[C@@H]21. The van der Waals surface area contributed by atoms with Crippen molar-refractivity contribution in [3.63, 3.8) is 0 Å². The first-order valence-corrected chi connectivity index (χ1v) is 9.08. The lowest BCUT2D eigenvalue weighted by Gasteiger charge is -2.37. The van der Waals surface area contributed by atoms with Gasteiger partial charge in [0.2, 0.25) is 11.8 Å². The summed E-state index contributed by atoms with van der Waals surface area (Å²) in [4.78, 5) is 30.7. The van der Waals surface area contributed by atoms with Gasteiger partial charge in [0.15, 0.2) is 0 Å². The molecule has 2 amide bonds. The molecule has 3 aliphatic heterocycles. The Morgan fingerprint density at radius 2 is 2.12 bits per heavy atom. The zero-order chi connectivity index (χ0) is 17.4. The van der Waals surface area contributed by atoms with Gasteiger partial charge in [-0.2, -0.15) is 0 Å². The fourth-order valence-electron chi connectivity index (χ4n) is 4.32. The Labute approximate surface area is 148 Å². The van der Waals surface area contributed by atoms with Gasteiger partial charge in [-0.1, -0.05) is 18.2 Å². The monoisotopic (exact) mass is 343 g/mol. The summed E-state index contributed by atoms with van der Waals surface area (Å²) in [6, 6.07) is 8.34. The maximum atomic E-state index is 12.8. The van der Waals surface area contributed by atoms with Gasteiger partial charge >= 0.3 is 0 Å². The van der Waals surface area contributed by atoms with Crippen molar-refractivity contribution in [3.8, 4) is 5.75 Å². The summed E-state index contributed by atoms with van der Waals surface area (Å²) in [7, 11) is 1.89. The Balaban J connectivity index is 1.37. The minimum atomic E-state index is 0.167. The maximum Gasteiger partial charge on any atom is 0.236 e. The van der Waals surface area contributed by atoms with Crippen LogP contribution < -0.4 is 4.74 Å². The van der Waals surface area contributed by atoms with Crippen molar-refractivity contribution in [1.82, 2.24) is 14.7 Å². The number of benzene rings is 1. The second kappa shape index (κ2) is 6.67. The van der Waals surface area contributed by atoms with Crippen LogP contribution in [-0.2, 0) is 16.1 Å². The number of para-hydroxylation sites is 1. The Morgan fingerprint density at radius 1 is 1.28 bits per heavy atom. The van der Waals surface area contributed by atoms with Crippen molar-refractivity contribution < 1.29 is 14.3 Å². The molecule has 4 rings (SSSR count). The van der Waals surface area contributed by atoms with E-state index in [1.54, 1.807) is 0 Å². The number of piperidine rings is 1. The molecule has 134 valence electrons. The Hall–Kier alpha value is -2.08. The van der Waals surface area contributed by atoms with E-state index in [1.165, 1.54) is 0 Å². The smallest absolute Gasteiger partial charge is 0.236 e. The Kier molecular flexibility index (Phi) is 4.37. The van der Waals surface area contributed by atoms with E-state index in [-0.39, 0.29) is 11.8 Å². The third-order valence-electron chi connectivity index (χ3n) is 5.76. The molecule has 0 N–H and O–H groups in total. The fraction of sp³-hybridized carbons (Fsp3) is 0.579. The minimum absolute atomic E-state index is 0.167. The Bertz CT molecular complexity index is 678. The molecule has 2 fully saturated rings. The number of hydrogen-bond acceptors (Lipinski definition) is 4. The van der Waals surface area contributed by atoms with Crippen LogP contribution in [0.25, 0.3) is 0 Å². The van der Waals surface area contributed by atoms with Crippen LogP contribution in [0.15, 0.2) is 24.3 Å². The molecular formula is C19H25N3O3. The van der Waals surface area contributed by atoms with E-state index in [9.17, 15) is 9.59 Å².